The summed E-state index contributed by atoms with van der Waals surface area (Å²) in [7, 11) is 0. The van der Waals surface area contributed by atoms with E-state index in [-0.39, 0.29) is 5.97 Å². The molecule has 0 fully saturated rings. The number of carbonyl (C=O) groups excluding carboxylic acids is 1. The van der Waals surface area contributed by atoms with Gasteiger partial charge < -0.3 is 4.74 Å². The lowest BCUT2D eigenvalue weighted by atomic mass is 10.2. The van der Waals surface area contributed by atoms with Crippen LogP contribution in [-0.4, -0.2) is 21.0 Å². The summed E-state index contributed by atoms with van der Waals surface area (Å²) in [6.45, 7) is 2.01. The van der Waals surface area contributed by atoms with Gasteiger partial charge in [0, 0.05) is 6.92 Å². The summed E-state index contributed by atoms with van der Waals surface area (Å²) in [5, 5.41) is 8.26. The molecule has 0 saturated carbocycles. The third-order valence-electron chi connectivity index (χ3n) is 2.94. The van der Waals surface area contributed by atoms with E-state index in [1.165, 1.54) is 6.92 Å². The van der Waals surface area contributed by atoms with Crippen LogP contribution in [0.4, 0.5) is 0 Å². The minimum atomic E-state index is -0.319. The van der Waals surface area contributed by atoms with Gasteiger partial charge in [-0.25, -0.2) is 4.68 Å². The first kappa shape index (κ1) is 12.3. The maximum atomic E-state index is 10.9. The van der Waals surface area contributed by atoms with E-state index in [0.717, 1.165) is 16.6 Å². The molecule has 3 rings (SSSR count). The van der Waals surface area contributed by atoms with Crippen molar-refractivity contribution < 1.29 is 9.53 Å². The minimum Gasteiger partial charge on any atom is -0.427 e. The maximum Gasteiger partial charge on any atom is 0.308 e. The van der Waals surface area contributed by atoms with E-state index < -0.39 is 0 Å². The summed E-state index contributed by atoms with van der Waals surface area (Å²) in [4.78, 5) is 10.9. The molecular formula is C15H13N3O2. The van der Waals surface area contributed by atoms with E-state index in [1.54, 1.807) is 12.1 Å². The van der Waals surface area contributed by atoms with Crippen LogP contribution in [0.2, 0.25) is 0 Å². The lowest BCUT2D eigenvalue weighted by Gasteiger charge is -2.04. The Bertz CT molecular complexity index is 747. The Hall–Kier alpha value is -2.69. The van der Waals surface area contributed by atoms with Crippen LogP contribution < -0.4 is 4.74 Å². The number of rotatable bonds is 3. The number of fused-ring (bicyclic) bond motifs is 1. The van der Waals surface area contributed by atoms with Crippen LogP contribution in [0.1, 0.15) is 12.5 Å². The van der Waals surface area contributed by atoms with Gasteiger partial charge in [-0.3, -0.25) is 4.79 Å². The quantitative estimate of drug-likeness (QED) is 0.540. The molecule has 100 valence electrons. The number of carbonyl (C=O) groups is 1. The van der Waals surface area contributed by atoms with Crippen LogP contribution in [0.5, 0.6) is 5.75 Å². The normalized spacial score (nSPS) is 10.7. The second-order valence-corrected chi connectivity index (χ2v) is 4.47. The van der Waals surface area contributed by atoms with Crippen molar-refractivity contribution >= 4 is 17.0 Å². The molecule has 0 unspecified atom stereocenters. The van der Waals surface area contributed by atoms with Crippen molar-refractivity contribution in [2.75, 3.05) is 0 Å². The fourth-order valence-corrected chi connectivity index (χ4v) is 2.04. The Morgan fingerprint density at radius 1 is 1.15 bits per heavy atom. The van der Waals surface area contributed by atoms with Gasteiger partial charge in [0.1, 0.15) is 11.3 Å². The van der Waals surface area contributed by atoms with Crippen molar-refractivity contribution in [3.63, 3.8) is 0 Å². The van der Waals surface area contributed by atoms with E-state index >= 15 is 0 Å². The van der Waals surface area contributed by atoms with E-state index in [4.69, 9.17) is 4.74 Å². The molecule has 0 N–H and O–H groups in total. The summed E-state index contributed by atoms with van der Waals surface area (Å²) < 4.78 is 6.84. The van der Waals surface area contributed by atoms with E-state index in [0.29, 0.717) is 12.3 Å². The number of esters is 1. The number of benzene rings is 2. The molecular weight excluding hydrogens is 254 g/mol. The number of aromatic nitrogens is 3. The van der Waals surface area contributed by atoms with Gasteiger partial charge in [0.05, 0.1) is 12.1 Å². The Kier molecular flexibility index (Phi) is 3.16. The second-order valence-electron chi connectivity index (χ2n) is 4.47. The Balaban J connectivity index is 1.82. The van der Waals surface area contributed by atoms with E-state index in [9.17, 15) is 4.79 Å². The standard InChI is InChI=1S/C15H13N3O2/c1-11(19)20-13-8-6-12(7-9-13)10-18-15-5-3-2-4-14(15)16-17-18/h2-9H,10H2,1H3. The van der Waals surface area contributed by atoms with Gasteiger partial charge >= 0.3 is 5.97 Å². The van der Waals surface area contributed by atoms with Gasteiger partial charge in [-0.1, -0.05) is 29.5 Å². The number of hydrogen-bond donors (Lipinski definition) is 0. The zero-order chi connectivity index (χ0) is 13.9. The maximum absolute atomic E-state index is 10.9. The summed E-state index contributed by atoms with van der Waals surface area (Å²) in [5.74, 6) is 0.227. The zero-order valence-corrected chi connectivity index (χ0v) is 11.0. The molecule has 5 heteroatoms. The monoisotopic (exact) mass is 267 g/mol. The lowest BCUT2D eigenvalue weighted by Crippen LogP contribution is -2.03. The third kappa shape index (κ3) is 2.51. The van der Waals surface area contributed by atoms with Gasteiger partial charge in [0.15, 0.2) is 0 Å². The third-order valence-corrected chi connectivity index (χ3v) is 2.94. The zero-order valence-electron chi connectivity index (χ0n) is 11.0. The molecule has 0 spiro atoms. The summed E-state index contributed by atoms with van der Waals surface area (Å²) in [6, 6.07) is 15.2. The van der Waals surface area contributed by atoms with Crippen LogP contribution in [0.3, 0.4) is 0 Å². The predicted molar refractivity (Wildman–Crippen MR) is 74.4 cm³/mol. The fraction of sp³-hybridized carbons (Fsp3) is 0.133. The Morgan fingerprint density at radius 2 is 1.90 bits per heavy atom. The second kappa shape index (κ2) is 5.13. The summed E-state index contributed by atoms with van der Waals surface area (Å²) in [6.07, 6.45) is 0. The molecule has 0 radical (unpaired) electrons. The number of hydrogen-bond acceptors (Lipinski definition) is 4. The molecule has 0 aliphatic heterocycles. The van der Waals surface area contributed by atoms with Crippen molar-refractivity contribution in [2.45, 2.75) is 13.5 Å². The molecule has 0 atom stereocenters. The average Bonchev–Trinajstić information content (AvgIpc) is 2.84. The molecule has 0 amide bonds. The van der Waals surface area contributed by atoms with E-state index in [2.05, 4.69) is 10.3 Å². The number of para-hydroxylation sites is 1. The van der Waals surface area contributed by atoms with Crippen molar-refractivity contribution in [3.8, 4) is 5.75 Å². The lowest BCUT2D eigenvalue weighted by molar-refractivity contribution is -0.131. The molecule has 0 saturated heterocycles. The molecule has 0 aliphatic rings. The Labute approximate surface area is 115 Å². The molecule has 1 aromatic heterocycles. The van der Waals surface area contributed by atoms with Crippen molar-refractivity contribution in [2.24, 2.45) is 0 Å². The highest BCUT2D eigenvalue weighted by molar-refractivity contribution is 5.74. The minimum absolute atomic E-state index is 0.319. The first-order chi connectivity index (χ1) is 9.72. The van der Waals surface area contributed by atoms with Gasteiger partial charge in [0.2, 0.25) is 0 Å². The van der Waals surface area contributed by atoms with Crippen molar-refractivity contribution in [1.29, 1.82) is 0 Å². The van der Waals surface area contributed by atoms with Crippen molar-refractivity contribution in [1.82, 2.24) is 15.0 Å². The van der Waals surface area contributed by atoms with Crippen LogP contribution >= 0.6 is 0 Å². The first-order valence-corrected chi connectivity index (χ1v) is 6.28. The average molecular weight is 267 g/mol. The Morgan fingerprint density at radius 3 is 2.65 bits per heavy atom. The molecule has 20 heavy (non-hydrogen) atoms. The van der Waals surface area contributed by atoms with E-state index in [1.807, 2.05) is 41.1 Å². The van der Waals surface area contributed by atoms with Crippen LogP contribution in [0.15, 0.2) is 48.5 Å². The smallest absolute Gasteiger partial charge is 0.308 e. The highest BCUT2D eigenvalue weighted by atomic mass is 16.5. The first-order valence-electron chi connectivity index (χ1n) is 6.28. The topological polar surface area (TPSA) is 57.0 Å². The summed E-state index contributed by atoms with van der Waals surface area (Å²) >= 11 is 0. The SMILES string of the molecule is CC(=O)Oc1ccc(Cn2nnc3ccccc32)cc1. The van der Waals surface area contributed by atoms with Crippen molar-refractivity contribution in [3.05, 3.63) is 54.1 Å². The van der Waals surface area contributed by atoms with Crippen LogP contribution in [0, 0.1) is 0 Å². The molecule has 0 aliphatic carbocycles. The van der Waals surface area contributed by atoms with Gasteiger partial charge in [-0.2, -0.15) is 0 Å². The summed E-state index contributed by atoms with van der Waals surface area (Å²) in [5.41, 5.74) is 2.94. The highest BCUT2D eigenvalue weighted by Gasteiger charge is 2.04. The van der Waals surface area contributed by atoms with Gasteiger partial charge in [-0.05, 0) is 29.8 Å². The molecule has 0 bridgehead atoms. The molecule has 2 aromatic carbocycles. The largest absolute Gasteiger partial charge is 0.427 e. The van der Waals surface area contributed by atoms with Gasteiger partial charge in [-0.15, -0.1) is 5.10 Å². The number of ether oxygens (including phenoxy) is 1. The fourth-order valence-electron chi connectivity index (χ4n) is 2.04. The molecule has 3 aromatic rings. The molecule has 1 heterocycles. The van der Waals surface area contributed by atoms with Crippen LogP contribution in [0.25, 0.3) is 11.0 Å². The number of nitrogens with zero attached hydrogens (tertiary/aromatic N) is 3. The predicted octanol–water partition coefficient (Wildman–Crippen LogP) is 2.40. The highest BCUT2D eigenvalue weighted by Crippen LogP contribution is 2.15. The molecule has 5 nitrogen and oxygen atoms in total. The van der Waals surface area contributed by atoms with Gasteiger partial charge in [0.25, 0.3) is 0 Å². The van der Waals surface area contributed by atoms with Crippen LogP contribution in [-0.2, 0) is 11.3 Å².